The zero-order valence-electron chi connectivity index (χ0n) is 24.7. The molecular formula is C35H31N3O5S2. The van der Waals surface area contributed by atoms with Gasteiger partial charge in [0, 0.05) is 21.7 Å². The number of hydrogen-bond donors (Lipinski definition) is 2. The Morgan fingerprint density at radius 2 is 1.71 bits per heavy atom. The van der Waals surface area contributed by atoms with Crippen molar-refractivity contribution in [1.29, 1.82) is 0 Å². The second kappa shape index (κ2) is 10.7. The fourth-order valence-electron chi connectivity index (χ4n) is 8.18. The van der Waals surface area contributed by atoms with Crippen LogP contribution in [0.2, 0.25) is 0 Å². The summed E-state index contributed by atoms with van der Waals surface area (Å²) in [7, 11) is 0. The summed E-state index contributed by atoms with van der Waals surface area (Å²) in [4.78, 5) is 58.5. The minimum absolute atomic E-state index is 0.0178. The Labute approximate surface area is 268 Å². The molecule has 3 amide bonds. The van der Waals surface area contributed by atoms with E-state index in [1.165, 1.54) is 16.2 Å². The third-order valence-electron chi connectivity index (χ3n) is 10.0. The first-order valence-electron chi connectivity index (χ1n) is 15.2. The number of carbonyl (C=O) groups excluding carboxylic acids is 3. The van der Waals surface area contributed by atoms with Crippen LogP contribution >= 0.6 is 23.1 Å². The van der Waals surface area contributed by atoms with Crippen LogP contribution < -0.4 is 19.8 Å². The first-order valence-corrected chi connectivity index (χ1v) is 16.9. The summed E-state index contributed by atoms with van der Waals surface area (Å²) >= 11 is 2.89. The van der Waals surface area contributed by atoms with Gasteiger partial charge in [0.2, 0.25) is 11.8 Å². The Balaban J connectivity index is 1.09. The number of thioether (sulfide) groups is 1. The molecule has 1 aromatic heterocycles. The number of H-pyrrole nitrogens is 1. The number of carbonyl (C=O) groups is 3. The maximum absolute atomic E-state index is 14.0. The van der Waals surface area contributed by atoms with Crippen molar-refractivity contribution in [2.24, 2.45) is 29.6 Å². The standard InChI is InChI=1S/C35H31N3O5S2/c1-17-10-12-20(13-11-17)38-33(40)28-22-15-23(29(28)34(38)41)30-27(22)26(31-32(44-30)37-35(42)45-31)19-7-5-8-21(14-19)43-16-25(39)36-24-9-4-3-6-18(24)2/h3-14,22-23,26-30H,15-16H2,1-2H3,(H,36,39)(H,37,42)/t22?,23?,26-,27?,28?,29?,30?/m1/s1. The number of anilines is 2. The second-order valence-corrected chi connectivity index (χ2v) is 14.7. The quantitative estimate of drug-likeness (QED) is 0.261. The molecule has 4 aliphatic rings. The molecule has 2 N–H and O–H groups in total. The van der Waals surface area contributed by atoms with Crippen LogP contribution in [-0.2, 0) is 14.4 Å². The lowest BCUT2D eigenvalue weighted by molar-refractivity contribution is -0.123. The van der Waals surface area contributed by atoms with Crippen molar-refractivity contribution in [1.82, 2.24) is 4.98 Å². The third-order valence-corrected chi connectivity index (χ3v) is 12.6. The zero-order chi connectivity index (χ0) is 31.0. The number of ether oxygens (including phenoxy) is 1. The van der Waals surface area contributed by atoms with Gasteiger partial charge in [-0.1, -0.05) is 59.4 Å². The Hall–Kier alpha value is -4.15. The number of amides is 3. The van der Waals surface area contributed by atoms with E-state index in [0.717, 1.165) is 38.7 Å². The minimum Gasteiger partial charge on any atom is -0.484 e. The number of fused-ring (bicyclic) bond motifs is 9. The number of nitrogens with zero attached hydrogens (tertiary/aromatic N) is 1. The molecule has 4 aromatic rings. The molecule has 3 heterocycles. The van der Waals surface area contributed by atoms with Crippen LogP contribution in [0.1, 0.15) is 33.9 Å². The van der Waals surface area contributed by atoms with Crippen LogP contribution in [-0.4, -0.2) is 34.6 Å². The second-order valence-electron chi connectivity index (χ2n) is 12.5. The Morgan fingerprint density at radius 3 is 2.49 bits per heavy atom. The minimum atomic E-state index is -0.366. The average molecular weight is 638 g/mol. The summed E-state index contributed by atoms with van der Waals surface area (Å²) in [6, 6.07) is 22.9. The van der Waals surface area contributed by atoms with Gasteiger partial charge in [0.05, 0.1) is 22.5 Å². The molecule has 8 rings (SSSR count). The van der Waals surface area contributed by atoms with E-state index >= 15 is 0 Å². The van der Waals surface area contributed by atoms with E-state index in [-0.39, 0.29) is 70.0 Å². The van der Waals surface area contributed by atoms with Crippen molar-refractivity contribution >= 4 is 52.2 Å². The molecule has 2 bridgehead atoms. The van der Waals surface area contributed by atoms with E-state index in [4.69, 9.17) is 4.74 Å². The summed E-state index contributed by atoms with van der Waals surface area (Å²) in [6.07, 6.45) is 0.821. The lowest BCUT2D eigenvalue weighted by Crippen LogP contribution is -2.42. The first-order chi connectivity index (χ1) is 21.8. The molecule has 3 aromatic carbocycles. The number of thiazole rings is 1. The molecule has 10 heteroatoms. The average Bonchev–Trinajstić information content (AvgIpc) is 3.77. The number of aromatic nitrogens is 1. The summed E-state index contributed by atoms with van der Waals surface area (Å²) < 4.78 is 5.96. The number of imide groups is 1. The Kier molecular flexibility index (Phi) is 6.76. The van der Waals surface area contributed by atoms with Gasteiger partial charge in [-0.25, -0.2) is 0 Å². The lowest BCUT2D eigenvalue weighted by Gasteiger charge is -2.43. The predicted molar refractivity (Wildman–Crippen MR) is 174 cm³/mol. The van der Waals surface area contributed by atoms with Gasteiger partial charge < -0.3 is 15.0 Å². The smallest absolute Gasteiger partial charge is 0.305 e. The highest BCUT2D eigenvalue weighted by Crippen LogP contribution is 2.68. The van der Waals surface area contributed by atoms with Crippen molar-refractivity contribution in [3.8, 4) is 5.75 Å². The number of aryl methyl sites for hydroxylation is 2. The number of para-hydroxylation sites is 1. The van der Waals surface area contributed by atoms with E-state index in [0.29, 0.717) is 11.4 Å². The number of benzene rings is 3. The van der Waals surface area contributed by atoms with Crippen molar-refractivity contribution in [2.45, 2.75) is 36.5 Å². The third kappa shape index (κ3) is 4.56. The fourth-order valence-corrected chi connectivity index (χ4v) is 11.1. The maximum atomic E-state index is 14.0. The van der Waals surface area contributed by atoms with Gasteiger partial charge in [0.1, 0.15) is 5.75 Å². The normalized spacial score (nSPS) is 27.7. The largest absolute Gasteiger partial charge is 0.484 e. The van der Waals surface area contributed by atoms with E-state index in [2.05, 4.69) is 10.3 Å². The first kappa shape index (κ1) is 28.3. The Bertz CT molecular complexity index is 1920. The van der Waals surface area contributed by atoms with Crippen LogP contribution in [0.5, 0.6) is 5.75 Å². The molecule has 3 fully saturated rings. The van der Waals surface area contributed by atoms with Gasteiger partial charge in [-0.3, -0.25) is 24.1 Å². The highest BCUT2D eigenvalue weighted by molar-refractivity contribution is 8.00. The zero-order valence-corrected chi connectivity index (χ0v) is 26.3. The monoisotopic (exact) mass is 637 g/mol. The van der Waals surface area contributed by atoms with Crippen molar-refractivity contribution < 1.29 is 19.1 Å². The summed E-state index contributed by atoms with van der Waals surface area (Å²) in [5.41, 5.74) is 4.40. The number of aromatic amines is 1. The molecule has 2 aliphatic carbocycles. The van der Waals surface area contributed by atoms with Crippen LogP contribution in [0.4, 0.5) is 11.4 Å². The topological polar surface area (TPSA) is 109 Å². The highest BCUT2D eigenvalue weighted by atomic mass is 32.2. The summed E-state index contributed by atoms with van der Waals surface area (Å²) in [5.74, 6) is -0.589. The molecule has 2 saturated carbocycles. The molecule has 1 saturated heterocycles. The molecule has 6 unspecified atom stereocenters. The van der Waals surface area contributed by atoms with E-state index < -0.39 is 0 Å². The summed E-state index contributed by atoms with van der Waals surface area (Å²) in [5, 5.41) is 3.86. The number of rotatable bonds is 6. The van der Waals surface area contributed by atoms with Crippen molar-refractivity contribution in [3.63, 3.8) is 0 Å². The molecule has 0 radical (unpaired) electrons. The van der Waals surface area contributed by atoms with Gasteiger partial charge in [-0.15, -0.1) is 11.8 Å². The van der Waals surface area contributed by atoms with Gasteiger partial charge in [0.25, 0.3) is 5.91 Å². The van der Waals surface area contributed by atoms with E-state index in [1.807, 2.05) is 86.6 Å². The van der Waals surface area contributed by atoms with Crippen molar-refractivity contribution in [2.75, 3.05) is 16.8 Å². The SMILES string of the molecule is Cc1ccc(N2C(=O)C3C4CC(C3C2=O)C2C4Sc3[nH]c(=O)sc3[C@@H]2c2cccc(OCC(=O)Nc3ccccc3C)c2)cc1. The van der Waals surface area contributed by atoms with Crippen LogP contribution in [0.3, 0.4) is 0 Å². The van der Waals surface area contributed by atoms with Gasteiger partial charge in [-0.2, -0.15) is 0 Å². The van der Waals surface area contributed by atoms with Crippen LogP contribution in [0.15, 0.2) is 82.6 Å². The number of hydrogen-bond acceptors (Lipinski definition) is 7. The van der Waals surface area contributed by atoms with Crippen LogP contribution in [0, 0.1) is 43.4 Å². The molecule has 0 spiro atoms. The highest BCUT2D eigenvalue weighted by Gasteiger charge is 2.69. The number of nitrogens with one attached hydrogen (secondary N) is 2. The van der Waals surface area contributed by atoms with Gasteiger partial charge in [0.15, 0.2) is 6.61 Å². The fraction of sp³-hybridized carbons (Fsp3) is 0.314. The van der Waals surface area contributed by atoms with Gasteiger partial charge >= 0.3 is 4.87 Å². The molecule has 2 aliphatic heterocycles. The molecule has 228 valence electrons. The summed E-state index contributed by atoms with van der Waals surface area (Å²) in [6.45, 7) is 3.77. The van der Waals surface area contributed by atoms with E-state index in [9.17, 15) is 19.2 Å². The Morgan fingerprint density at radius 1 is 0.956 bits per heavy atom. The molecule has 45 heavy (non-hydrogen) atoms. The van der Waals surface area contributed by atoms with E-state index in [1.54, 1.807) is 11.8 Å². The molecular weight excluding hydrogens is 607 g/mol. The predicted octanol–water partition coefficient (Wildman–Crippen LogP) is 5.75. The lowest BCUT2D eigenvalue weighted by atomic mass is 9.68. The molecule has 8 nitrogen and oxygen atoms in total. The van der Waals surface area contributed by atoms with Gasteiger partial charge in [-0.05, 0) is 79.5 Å². The molecule has 7 atom stereocenters. The van der Waals surface area contributed by atoms with Crippen LogP contribution in [0.25, 0.3) is 0 Å². The maximum Gasteiger partial charge on any atom is 0.305 e. The van der Waals surface area contributed by atoms with Crippen molar-refractivity contribution in [3.05, 3.63) is 104 Å².